The number of benzene rings is 1. The van der Waals surface area contributed by atoms with Gasteiger partial charge in [-0.15, -0.1) is 0 Å². The minimum absolute atomic E-state index is 0.319. The predicted octanol–water partition coefficient (Wildman–Crippen LogP) is 2.68. The summed E-state index contributed by atoms with van der Waals surface area (Å²) in [6, 6.07) is 9.32. The number of hydrogen-bond acceptors (Lipinski definition) is 2. The highest BCUT2D eigenvalue weighted by Crippen LogP contribution is 2.21. The van der Waals surface area contributed by atoms with Crippen molar-refractivity contribution in [3.63, 3.8) is 0 Å². The van der Waals surface area contributed by atoms with E-state index in [1.807, 2.05) is 0 Å². The average Bonchev–Trinajstić information content (AvgIpc) is 2.25. The van der Waals surface area contributed by atoms with Gasteiger partial charge in [0, 0.05) is 17.8 Å². The van der Waals surface area contributed by atoms with Crippen molar-refractivity contribution in [1.82, 2.24) is 0 Å². The molecule has 1 saturated carbocycles. The minimum atomic E-state index is 0.319. The van der Waals surface area contributed by atoms with Gasteiger partial charge in [0.05, 0.1) is 0 Å². The average molecular weight is 204 g/mol. The molecule has 2 rings (SSSR count). The molecule has 0 radical (unpaired) electrons. The summed E-state index contributed by atoms with van der Waals surface area (Å²) in [5.74, 6) is 0. The largest absolute Gasteiger partial charge is 0.381 e. The van der Waals surface area contributed by atoms with E-state index in [0.717, 1.165) is 6.42 Å². The quantitative estimate of drug-likeness (QED) is 0.777. The number of anilines is 1. The molecule has 2 heteroatoms. The van der Waals surface area contributed by atoms with E-state index >= 15 is 0 Å². The van der Waals surface area contributed by atoms with Crippen molar-refractivity contribution in [2.45, 2.75) is 44.7 Å². The van der Waals surface area contributed by atoms with Crippen LogP contribution in [-0.2, 0) is 0 Å². The Hall–Kier alpha value is -1.02. The molecule has 1 aliphatic rings. The summed E-state index contributed by atoms with van der Waals surface area (Å²) in [7, 11) is 0. The van der Waals surface area contributed by atoms with Crippen molar-refractivity contribution >= 4 is 5.69 Å². The van der Waals surface area contributed by atoms with Gasteiger partial charge >= 0.3 is 0 Å². The molecule has 0 bridgehead atoms. The topological polar surface area (TPSA) is 38.0 Å². The van der Waals surface area contributed by atoms with Crippen molar-refractivity contribution in [2.75, 3.05) is 5.32 Å². The van der Waals surface area contributed by atoms with Crippen LogP contribution in [0, 0.1) is 6.92 Å². The molecule has 0 amide bonds. The van der Waals surface area contributed by atoms with Crippen molar-refractivity contribution in [3.05, 3.63) is 29.8 Å². The van der Waals surface area contributed by atoms with Gasteiger partial charge in [-0.1, -0.05) is 30.5 Å². The Morgan fingerprint density at radius 1 is 1.13 bits per heavy atom. The van der Waals surface area contributed by atoms with Crippen LogP contribution in [0.15, 0.2) is 24.3 Å². The molecule has 1 aromatic rings. The van der Waals surface area contributed by atoms with Gasteiger partial charge in [-0.2, -0.15) is 0 Å². The number of nitrogens with two attached hydrogens (primary N) is 1. The Kier molecular flexibility index (Phi) is 3.27. The second-order valence-corrected chi connectivity index (χ2v) is 4.57. The van der Waals surface area contributed by atoms with E-state index in [1.54, 1.807) is 0 Å². The van der Waals surface area contributed by atoms with Gasteiger partial charge in [0.15, 0.2) is 0 Å². The molecule has 0 unspecified atom stereocenters. The van der Waals surface area contributed by atoms with Crippen LogP contribution in [0.2, 0.25) is 0 Å². The van der Waals surface area contributed by atoms with Crippen LogP contribution in [-0.4, -0.2) is 12.1 Å². The molecule has 2 atom stereocenters. The Bertz CT molecular complexity index is 305. The number of nitrogens with one attached hydrogen (secondary N) is 1. The van der Waals surface area contributed by atoms with Crippen molar-refractivity contribution in [2.24, 2.45) is 5.73 Å². The minimum Gasteiger partial charge on any atom is -0.381 e. The SMILES string of the molecule is Cc1ccc(N[C@@H]2CCCC[C@@H]2N)cc1. The van der Waals surface area contributed by atoms with Crippen molar-refractivity contribution in [3.8, 4) is 0 Å². The highest BCUT2D eigenvalue weighted by atomic mass is 15.0. The van der Waals surface area contributed by atoms with E-state index in [4.69, 9.17) is 5.73 Å². The van der Waals surface area contributed by atoms with Crippen LogP contribution >= 0.6 is 0 Å². The van der Waals surface area contributed by atoms with Crippen LogP contribution in [0.3, 0.4) is 0 Å². The smallest absolute Gasteiger partial charge is 0.0412 e. The summed E-state index contributed by atoms with van der Waals surface area (Å²) in [5.41, 5.74) is 8.59. The Morgan fingerprint density at radius 2 is 1.80 bits per heavy atom. The fraction of sp³-hybridized carbons (Fsp3) is 0.538. The fourth-order valence-electron chi connectivity index (χ4n) is 2.20. The number of hydrogen-bond donors (Lipinski definition) is 2. The maximum atomic E-state index is 6.09. The summed E-state index contributed by atoms with van der Waals surface area (Å²) in [5, 5.41) is 3.53. The molecule has 3 N–H and O–H groups in total. The first-order chi connectivity index (χ1) is 7.25. The van der Waals surface area contributed by atoms with Gasteiger partial charge in [0.1, 0.15) is 0 Å². The van der Waals surface area contributed by atoms with E-state index in [2.05, 4.69) is 36.5 Å². The Morgan fingerprint density at radius 3 is 2.47 bits per heavy atom. The van der Waals surface area contributed by atoms with Crippen LogP contribution in [0.4, 0.5) is 5.69 Å². The second kappa shape index (κ2) is 4.67. The lowest BCUT2D eigenvalue weighted by atomic mass is 9.91. The predicted molar refractivity (Wildman–Crippen MR) is 65.0 cm³/mol. The molecule has 0 saturated heterocycles. The molecule has 0 aromatic heterocycles. The first kappa shape index (κ1) is 10.5. The van der Waals surface area contributed by atoms with E-state index in [-0.39, 0.29) is 0 Å². The zero-order valence-corrected chi connectivity index (χ0v) is 9.37. The highest BCUT2D eigenvalue weighted by Gasteiger charge is 2.21. The van der Waals surface area contributed by atoms with Crippen LogP contribution in [0.25, 0.3) is 0 Å². The Labute approximate surface area is 91.9 Å². The Balaban J connectivity index is 1.98. The third kappa shape index (κ3) is 2.72. The zero-order valence-electron chi connectivity index (χ0n) is 9.37. The van der Waals surface area contributed by atoms with Crippen LogP contribution in [0.5, 0.6) is 0 Å². The molecule has 0 heterocycles. The van der Waals surface area contributed by atoms with Crippen molar-refractivity contribution < 1.29 is 0 Å². The van der Waals surface area contributed by atoms with Gasteiger partial charge in [-0.3, -0.25) is 0 Å². The third-order valence-electron chi connectivity index (χ3n) is 3.22. The molecule has 1 fully saturated rings. The van der Waals surface area contributed by atoms with Gasteiger partial charge in [0.25, 0.3) is 0 Å². The normalized spacial score (nSPS) is 26.3. The van der Waals surface area contributed by atoms with E-state index < -0.39 is 0 Å². The highest BCUT2D eigenvalue weighted by molar-refractivity contribution is 5.45. The van der Waals surface area contributed by atoms with Gasteiger partial charge in [-0.05, 0) is 31.9 Å². The molecule has 2 nitrogen and oxygen atoms in total. The summed E-state index contributed by atoms with van der Waals surface area (Å²) in [6.07, 6.45) is 4.95. The van der Waals surface area contributed by atoms with E-state index in [1.165, 1.54) is 30.5 Å². The maximum absolute atomic E-state index is 6.09. The summed E-state index contributed by atoms with van der Waals surface area (Å²) >= 11 is 0. The number of aryl methyl sites for hydroxylation is 1. The first-order valence-electron chi connectivity index (χ1n) is 5.84. The lowest BCUT2D eigenvalue weighted by molar-refractivity contribution is 0.404. The monoisotopic (exact) mass is 204 g/mol. The molecule has 15 heavy (non-hydrogen) atoms. The van der Waals surface area contributed by atoms with Crippen molar-refractivity contribution in [1.29, 1.82) is 0 Å². The molecular formula is C13H20N2. The maximum Gasteiger partial charge on any atom is 0.0412 e. The first-order valence-corrected chi connectivity index (χ1v) is 5.84. The van der Waals surface area contributed by atoms with Gasteiger partial charge in [0.2, 0.25) is 0 Å². The molecule has 82 valence electrons. The molecular weight excluding hydrogens is 184 g/mol. The third-order valence-corrected chi connectivity index (χ3v) is 3.22. The molecule has 1 aromatic carbocycles. The number of rotatable bonds is 2. The standard InChI is InChI=1S/C13H20N2/c1-10-6-8-11(9-7-10)15-13-5-3-2-4-12(13)14/h6-9,12-13,15H,2-5,14H2,1H3/t12-,13+/m0/s1. The van der Waals surface area contributed by atoms with Crippen LogP contribution in [0.1, 0.15) is 31.2 Å². The van der Waals surface area contributed by atoms with Gasteiger partial charge < -0.3 is 11.1 Å². The summed E-state index contributed by atoms with van der Waals surface area (Å²) < 4.78 is 0. The molecule has 1 aliphatic carbocycles. The zero-order chi connectivity index (χ0) is 10.7. The molecule has 0 aliphatic heterocycles. The lowest BCUT2D eigenvalue weighted by Gasteiger charge is -2.30. The lowest BCUT2D eigenvalue weighted by Crippen LogP contribution is -2.42. The van der Waals surface area contributed by atoms with Gasteiger partial charge in [-0.25, -0.2) is 0 Å². The molecule has 0 spiro atoms. The summed E-state index contributed by atoms with van der Waals surface area (Å²) in [6.45, 7) is 2.11. The van der Waals surface area contributed by atoms with Crippen LogP contribution < -0.4 is 11.1 Å². The fourth-order valence-corrected chi connectivity index (χ4v) is 2.20. The summed E-state index contributed by atoms with van der Waals surface area (Å²) in [4.78, 5) is 0. The second-order valence-electron chi connectivity index (χ2n) is 4.57. The van der Waals surface area contributed by atoms with E-state index in [0.29, 0.717) is 12.1 Å². The van der Waals surface area contributed by atoms with E-state index in [9.17, 15) is 0 Å².